The third-order valence-electron chi connectivity index (χ3n) is 6.99. The first-order valence-corrected chi connectivity index (χ1v) is 15.9. The number of nitrogens with zero attached hydrogens (tertiary/aromatic N) is 1. The molecule has 8 heteroatoms. The van der Waals surface area contributed by atoms with E-state index in [0.29, 0.717) is 25.9 Å². The standard InChI is InChI=1S/C18H15S.C11H21NO3.C7H6O3/c1-4-10-16(11-5-1)19(17-12-6-2-7-13-17)18-14-8-3-9-15-18;1-4-11(2,3)15-10(14)12-7-5-9(13)6-8-12;8-6-4-2-1-3-5(6)7(9)10/h1-15H;9,13H,4-8H2,1-3H3;1-4,8H,(H,9,10)/q+1;;/p-1. The molecule has 0 bridgehead atoms. The molecule has 5 rings (SSSR count). The Morgan fingerprint density at radius 3 is 1.57 bits per heavy atom. The molecule has 7 nitrogen and oxygen atoms in total. The van der Waals surface area contributed by atoms with Gasteiger partial charge in [-0.05, 0) is 75.6 Å². The number of likely N-dealkylation sites (tertiary alicyclic amines) is 1. The largest absolute Gasteiger partial charge is 0.872 e. The quantitative estimate of drug-likeness (QED) is 0.226. The number of ether oxygens (including phenoxy) is 1. The maximum absolute atomic E-state index is 11.7. The van der Waals surface area contributed by atoms with Gasteiger partial charge in [-0.15, -0.1) is 0 Å². The first-order valence-electron chi connectivity index (χ1n) is 14.7. The Kier molecular flexibility index (Phi) is 13.3. The van der Waals surface area contributed by atoms with E-state index < -0.39 is 17.3 Å². The van der Waals surface area contributed by atoms with Gasteiger partial charge in [0.25, 0.3) is 0 Å². The number of carboxylic acid groups (broad SMARTS) is 1. The molecule has 0 spiro atoms. The van der Waals surface area contributed by atoms with Crippen LogP contribution in [0.1, 0.15) is 50.4 Å². The number of hydrogen-bond donors (Lipinski definition) is 2. The predicted molar refractivity (Wildman–Crippen MR) is 172 cm³/mol. The second-order valence-electron chi connectivity index (χ2n) is 10.7. The van der Waals surface area contributed by atoms with E-state index >= 15 is 0 Å². The van der Waals surface area contributed by atoms with E-state index in [0.717, 1.165) is 6.42 Å². The minimum atomic E-state index is -1.18. The Balaban J connectivity index is 0.000000190. The second kappa shape index (κ2) is 17.1. The maximum atomic E-state index is 11.7. The molecule has 0 aliphatic carbocycles. The number of carboxylic acids is 1. The molecular formula is C36H41NO6S. The first kappa shape index (κ1) is 34.2. The van der Waals surface area contributed by atoms with Gasteiger partial charge in [-0.3, -0.25) is 0 Å². The number of para-hydroxylation sites is 1. The minimum Gasteiger partial charge on any atom is -0.872 e. The fraction of sp³-hybridized carbons (Fsp3) is 0.278. The van der Waals surface area contributed by atoms with Gasteiger partial charge in [0, 0.05) is 13.1 Å². The lowest BCUT2D eigenvalue weighted by atomic mass is 10.1. The lowest BCUT2D eigenvalue weighted by Gasteiger charge is -2.32. The van der Waals surface area contributed by atoms with Crippen LogP contribution in [-0.4, -0.2) is 52.0 Å². The molecule has 2 N–H and O–H groups in total. The van der Waals surface area contributed by atoms with Crippen LogP contribution in [0.15, 0.2) is 130 Å². The summed E-state index contributed by atoms with van der Waals surface area (Å²) >= 11 is 0. The van der Waals surface area contributed by atoms with Crippen molar-refractivity contribution in [2.75, 3.05) is 13.1 Å². The SMILES string of the molecule is CCC(C)(C)OC(=O)N1CCC(O)CC1.O=C(O)c1ccccc1[O-].c1ccc([S+](c2ccccc2)c2ccccc2)cc1. The molecule has 4 aromatic rings. The molecule has 1 amide bonds. The van der Waals surface area contributed by atoms with Gasteiger partial charge in [0.1, 0.15) is 5.60 Å². The molecule has 1 fully saturated rings. The summed E-state index contributed by atoms with van der Waals surface area (Å²) in [7, 11) is -0.0146. The molecule has 1 aliphatic rings. The maximum Gasteiger partial charge on any atom is 0.410 e. The zero-order valence-corrected chi connectivity index (χ0v) is 26.3. The summed E-state index contributed by atoms with van der Waals surface area (Å²) in [5.74, 6) is -1.62. The van der Waals surface area contributed by atoms with Crippen molar-refractivity contribution in [1.82, 2.24) is 4.90 Å². The number of aliphatic hydroxyl groups excluding tert-OH is 1. The van der Waals surface area contributed by atoms with Gasteiger partial charge in [0.2, 0.25) is 0 Å². The van der Waals surface area contributed by atoms with Crippen molar-refractivity contribution in [2.24, 2.45) is 0 Å². The van der Waals surface area contributed by atoms with Crippen molar-refractivity contribution >= 4 is 23.0 Å². The molecule has 232 valence electrons. The third kappa shape index (κ3) is 10.8. The van der Waals surface area contributed by atoms with Crippen molar-refractivity contribution in [1.29, 1.82) is 0 Å². The van der Waals surface area contributed by atoms with Crippen LogP contribution in [0.3, 0.4) is 0 Å². The average Bonchev–Trinajstić information content (AvgIpc) is 3.04. The van der Waals surface area contributed by atoms with E-state index in [2.05, 4.69) is 91.0 Å². The van der Waals surface area contributed by atoms with E-state index in [1.165, 1.54) is 39.0 Å². The van der Waals surface area contributed by atoms with Crippen molar-refractivity contribution in [3.8, 4) is 5.75 Å². The van der Waals surface area contributed by atoms with Gasteiger partial charge in [-0.2, -0.15) is 0 Å². The number of carbonyl (C=O) groups is 2. The van der Waals surface area contributed by atoms with E-state index in [1.807, 2.05) is 20.8 Å². The van der Waals surface area contributed by atoms with Crippen LogP contribution in [0, 0.1) is 0 Å². The average molecular weight is 616 g/mol. The van der Waals surface area contributed by atoms with E-state index in [4.69, 9.17) is 9.84 Å². The number of benzene rings is 4. The lowest BCUT2D eigenvalue weighted by molar-refractivity contribution is -0.268. The Morgan fingerprint density at radius 1 is 0.795 bits per heavy atom. The normalized spacial score (nSPS) is 13.2. The van der Waals surface area contributed by atoms with Crippen molar-refractivity contribution in [3.63, 3.8) is 0 Å². The van der Waals surface area contributed by atoms with Gasteiger partial charge >= 0.3 is 12.1 Å². The number of hydrogen-bond acceptors (Lipinski definition) is 5. The fourth-order valence-electron chi connectivity index (χ4n) is 4.14. The van der Waals surface area contributed by atoms with E-state index in [9.17, 15) is 19.8 Å². The molecule has 0 aromatic heterocycles. The molecule has 0 atom stereocenters. The van der Waals surface area contributed by atoms with Crippen molar-refractivity contribution < 1.29 is 29.6 Å². The molecule has 4 aromatic carbocycles. The summed E-state index contributed by atoms with van der Waals surface area (Å²) in [4.78, 5) is 27.7. The van der Waals surface area contributed by atoms with Crippen molar-refractivity contribution in [2.45, 2.75) is 66.4 Å². The highest BCUT2D eigenvalue weighted by Gasteiger charge is 2.28. The van der Waals surface area contributed by atoms with Gasteiger partial charge in [-0.25, -0.2) is 9.59 Å². The minimum absolute atomic E-state index is 0.0146. The molecule has 1 aliphatic heterocycles. The van der Waals surface area contributed by atoms with Gasteiger partial charge in [-0.1, -0.05) is 85.5 Å². The number of piperidine rings is 1. The molecular weight excluding hydrogens is 574 g/mol. The van der Waals surface area contributed by atoms with Gasteiger partial charge < -0.3 is 25.0 Å². The number of aliphatic hydroxyl groups is 1. The van der Waals surface area contributed by atoms with Crippen LogP contribution in [0.5, 0.6) is 5.75 Å². The van der Waals surface area contributed by atoms with Crippen LogP contribution >= 0.6 is 0 Å². The molecule has 0 unspecified atom stereocenters. The first-order chi connectivity index (χ1) is 21.1. The summed E-state index contributed by atoms with van der Waals surface area (Å²) < 4.78 is 5.37. The van der Waals surface area contributed by atoms with E-state index in [1.54, 1.807) is 4.90 Å². The van der Waals surface area contributed by atoms with Crippen molar-refractivity contribution in [3.05, 3.63) is 121 Å². The highest BCUT2D eigenvalue weighted by Crippen LogP contribution is 2.30. The number of carbonyl (C=O) groups excluding carboxylic acids is 1. The zero-order chi connectivity index (χ0) is 32.0. The smallest absolute Gasteiger partial charge is 0.410 e. The molecule has 0 saturated carbocycles. The van der Waals surface area contributed by atoms with Crippen LogP contribution in [0.2, 0.25) is 0 Å². The third-order valence-corrected chi connectivity index (χ3v) is 9.22. The van der Waals surface area contributed by atoms with Crippen LogP contribution in [0.25, 0.3) is 0 Å². The number of aromatic carboxylic acids is 1. The zero-order valence-electron chi connectivity index (χ0n) is 25.5. The Morgan fingerprint density at radius 2 is 1.20 bits per heavy atom. The molecule has 1 heterocycles. The number of rotatable bonds is 6. The van der Waals surface area contributed by atoms with Crippen LogP contribution < -0.4 is 5.11 Å². The fourth-order valence-corrected chi connectivity index (χ4v) is 6.25. The topological polar surface area (TPSA) is 110 Å². The van der Waals surface area contributed by atoms with Gasteiger partial charge in [0.05, 0.1) is 22.6 Å². The Hall–Kier alpha value is -4.27. The summed E-state index contributed by atoms with van der Waals surface area (Å²) in [5, 5.41) is 28.4. The Labute approximate surface area is 263 Å². The molecule has 0 radical (unpaired) electrons. The summed E-state index contributed by atoms with van der Waals surface area (Å²) in [5.41, 5.74) is -0.574. The van der Waals surface area contributed by atoms with Crippen LogP contribution in [-0.2, 0) is 15.6 Å². The number of amides is 1. The monoisotopic (exact) mass is 615 g/mol. The summed E-state index contributed by atoms with van der Waals surface area (Å²) in [6, 6.07) is 37.7. The highest BCUT2D eigenvalue weighted by atomic mass is 32.2. The lowest BCUT2D eigenvalue weighted by Crippen LogP contribution is -2.43. The molecule has 44 heavy (non-hydrogen) atoms. The predicted octanol–water partition coefficient (Wildman–Crippen LogP) is 7.01. The molecule has 1 saturated heterocycles. The van der Waals surface area contributed by atoms with E-state index in [-0.39, 0.29) is 28.7 Å². The summed E-state index contributed by atoms with van der Waals surface area (Å²) in [6.07, 6.45) is 1.60. The Bertz CT molecular complexity index is 1330. The van der Waals surface area contributed by atoms with Crippen LogP contribution in [0.4, 0.5) is 4.79 Å². The second-order valence-corrected chi connectivity index (χ2v) is 12.8. The summed E-state index contributed by atoms with van der Waals surface area (Å²) in [6.45, 7) is 7.00. The van der Waals surface area contributed by atoms with Gasteiger partial charge in [0.15, 0.2) is 14.7 Å². The highest BCUT2D eigenvalue weighted by molar-refractivity contribution is 7.97.